The summed E-state index contributed by atoms with van der Waals surface area (Å²) in [5.74, 6) is 0.131. The van der Waals surface area contributed by atoms with Gasteiger partial charge in [-0.3, -0.25) is 14.9 Å². The molecule has 1 aliphatic heterocycles. The van der Waals surface area contributed by atoms with Gasteiger partial charge in [-0.15, -0.1) is 0 Å². The fourth-order valence-corrected chi connectivity index (χ4v) is 3.45. The number of nitro benzene ring substituents is 1. The minimum atomic E-state index is -0.857. The topological polar surface area (TPSA) is 103 Å². The summed E-state index contributed by atoms with van der Waals surface area (Å²) in [4.78, 5) is 23.3. The van der Waals surface area contributed by atoms with Gasteiger partial charge in [0.1, 0.15) is 24.9 Å². The Kier molecular flexibility index (Phi) is 6.02. The van der Waals surface area contributed by atoms with Crippen molar-refractivity contribution in [1.82, 2.24) is 0 Å². The van der Waals surface area contributed by atoms with E-state index in [0.717, 1.165) is 0 Å². The van der Waals surface area contributed by atoms with Crippen LogP contribution in [0.2, 0.25) is 15.1 Å². The number of halogens is 3. The highest BCUT2D eigenvalue weighted by atomic mass is 35.5. The molecule has 11 heteroatoms. The van der Waals surface area contributed by atoms with Crippen molar-refractivity contribution >= 4 is 57.8 Å². The number of hydrogen-bond acceptors (Lipinski definition) is 6. The first-order valence-corrected chi connectivity index (χ1v) is 9.19. The molecule has 3 rings (SSSR count). The van der Waals surface area contributed by atoms with E-state index in [0.29, 0.717) is 24.0 Å². The predicted octanol–water partition coefficient (Wildman–Crippen LogP) is 4.77. The van der Waals surface area contributed by atoms with Crippen molar-refractivity contribution in [3.63, 3.8) is 0 Å². The maximum atomic E-state index is 12.5. The number of benzene rings is 2. The van der Waals surface area contributed by atoms with Gasteiger partial charge in [-0.1, -0.05) is 34.8 Å². The molecule has 1 unspecified atom stereocenters. The fourth-order valence-electron chi connectivity index (χ4n) is 2.54. The maximum absolute atomic E-state index is 12.5. The molecule has 2 aromatic rings. The lowest BCUT2D eigenvalue weighted by Crippen LogP contribution is -2.32. The van der Waals surface area contributed by atoms with Gasteiger partial charge < -0.3 is 20.1 Å². The van der Waals surface area contributed by atoms with Gasteiger partial charge in [0.15, 0.2) is 11.5 Å². The van der Waals surface area contributed by atoms with E-state index in [1.807, 2.05) is 0 Å². The van der Waals surface area contributed by atoms with Crippen LogP contribution in [0.1, 0.15) is 6.92 Å². The summed E-state index contributed by atoms with van der Waals surface area (Å²) in [6, 6.07) is 4.71. The van der Waals surface area contributed by atoms with Crippen LogP contribution in [0.4, 0.5) is 17.1 Å². The van der Waals surface area contributed by atoms with Crippen LogP contribution in [0.5, 0.6) is 11.5 Å². The number of nitrogens with zero attached hydrogens (tertiary/aromatic N) is 1. The summed E-state index contributed by atoms with van der Waals surface area (Å²) in [6.45, 7) is 2.17. The SMILES string of the molecule is CC(Nc1cc2c(cc1[N+](=O)[O-])OCCO2)C(=O)Nc1c(Cl)cc(Cl)cc1Cl. The Morgan fingerprint density at radius 1 is 1.11 bits per heavy atom. The average Bonchev–Trinajstić information content (AvgIpc) is 2.63. The van der Waals surface area contributed by atoms with Crippen LogP contribution in [0, 0.1) is 10.1 Å². The van der Waals surface area contributed by atoms with Gasteiger partial charge >= 0.3 is 0 Å². The van der Waals surface area contributed by atoms with Gasteiger partial charge in [-0.25, -0.2) is 0 Å². The van der Waals surface area contributed by atoms with E-state index in [1.54, 1.807) is 0 Å². The molecule has 148 valence electrons. The van der Waals surface area contributed by atoms with E-state index < -0.39 is 16.9 Å². The number of rotatable bonds is 5. The van der Waals surface area contributed by atoms with E-state index in [1.165, 1.54) is 31.2 Å². The molecule has 1 atom stereocenters. The van der Waals surface area contributed by atoms with E-state index in [9.17, 15) is 14.9 Å². The van der Waals surface area contributed by atoms with E-state index in [2.05, 4.69) is 10.6 Å². The number of fused-ring (bicyclic) bond motifs is 1. The minimum absolute atomic E-state index is 0.116. The predicted molar refractivity (Wildman–Crippen MR) is 107 cm³/mol. The first kappa shape index (κ1) is 20.3. The molecule has 0 saturated heterocycles. The molecule has 28 heavy (non-hydrogen) atoms. The lowest BCUT2D eigenvalue weighted by Gasteiger charge is -2.21. The zero-order chi connectivity index (χ0) is 20.4. The number of nitro groups is 1. The molecular formula is C17H14Cl3N3O5. The molecule has 8 nitrogen and oxygen atoms in total. The molecule has 0 saturated carbocycles. The summed E-state index contributed by atoms with van der Waals surface area (Å²) >= 11 is 18.0. The van der Waals surface area contributed by atoms with Crippen molar-refractivity contribution in [3.05, 3.63) is 49.4 Å². The zero-order valence-electron chi connectivity index (χ0n) is 14.4. The van der Waals surface area contributed by atoms with Crippen LogP contribution in [0.15, 0.2) is 24.3 Å². The molecule has 1 amide bonds. The Morgan fingerprint density at radius 2 is 1.68 bits per heavy atom. The van der Waals surface area contributed by atoms with Gasteiger partial charge in [0.25, 0.3) is 5.69 Å². The molecule has 1 aliphatic rings. The minimum Gasteiger partial charge on any atom is -0.486 e. The molecule has 0 aromatic heterocycles. The Balaban J connectivity index is 1.81. The van der Waals surface area contributed by atoms with Crippen molar-refractivity contribution in [2.45, 2.75) is 13.0 Å². The molecule has 1 heterocycles. The number of nitrogens with one attached hydrogen (secondary N) is 2. The smallest absolute Gasteiger partial charge is 0.296 e. The zero-order valence-corrected chi connectivity index (χ0v) is 16.7. The van der Waals surface area contributed by atoms with Crippen LogP contribution in [-0.4, -0.2) is 30.1 Å². The monoisotopic (exact) mass is 445 g/mol. The van der Waals surface area contributed by atoms with Crippen LogP contribution in [0.3, 0.4) is 0 Å². The standard InChI is InChI=1S/C17H14Cl3N3O5/c1-8(17(24)22-16-10(19)4-9(18)5-11(16)20)21-12-6-14-15(28-3-2-27-14)7-13(12)23(25)26/h4-8,21H,2-3H2,1H3,(H,22,24). The van der Waals surface area contributed by atoms with Crippen molar-refractivity contribution in [3.8, 4) is 11.5 Å². The third-order valence-electron chi connectivity index (χ3n) is 3.88. The Hall–Kier alpha value is -2.42. The van der Waals surface area contributed by atoms with Crippen LogP contribution >= 0.6 is 34.8 Å². The third kappa shape index (κ3) is 4.35. The highest BCUT2D eigenvalue weighted by Crippen LogP contribution is 2.40. The van der Waals surface area contributed by atoms with E-state index in [4.69, 9.17) is 44.3 Å². The number of ether oxygens (including phenoxy) is 2. The van der Waals surface area contributed by atoms with Gasteiger partial charge in [-0.05, 0) is 19.1 Å². The normalized spacial score (nSPS) is 13.6. The maximum Gasteiger partial charge on any atom is 0.296 e. The van der Waals surface area contributed by atoms with Gasteiger partial charge in [0, 0.05) is 11.1 Å². The second-order valence-corrected chi connectivity index (χ2v) is 7.12. The Morgan fingerprint density at radius 3 is 2.25 bits per heavy atom. The first-order chi connectivity index (χ1) is 13.3. The summed E-state index contributed by atoms with van der Waals surface area (Å²) in [6.07, 6.45) is 0. The molecule has 0 spiro atoms. The molecule has 0 radical (unpaired) electrons. The largest absolute Gasteiger partial charge is 0.486 e. The molecular weight excluding hydrogens is 433 g/mol. The van der Waals surface area contributed by atoms with Gasteiger partial charge in [0.2, 0.25) is 5.91 Å². The van der Waals surface area contributed by atoms with E-state index >= 15 is 0 Å². The number of amides is 1. The summed E-state index contributed by atoms with van der Waals surface area (Å²) in [5.41, 5.74) is 0.0692. The van der Waals surface area contributed by atoms with Crippen LogP contribution in [0.25, 0.3) is 0 Å². The number of hydrogen-bond donors (Lipinski definition) is 2. The van der Waals surface area contributed by atoms with Gasteiger partial charge in [-0.2, -0.15) is 0 Å². The van der Waals surface area contributed by atoms with Crippen molar-refractivity contribution in [1.29, 1.82) is 0 Å². The third-order valence-corrected chi connectivity index (χ3v) is 4.69. The number of carbonyl (C=O) groups is 1. The van der Waals surface area contributed by atoms with Crippen LogP contribution < -0.4 is 20.1 Å². The summed E-state index contributed by atoms with van der Waals surface area (Å²) < 4.78 is 10.8. The first-order valence-electron chi connectivity index (χ1n) is 8.06. The van der Waals surface area contributed by atoms with Crippen molar-refractivity contribution < 1.29 is 19.2 Å². The second-order valence-electron chi connectivity index (χ2n) is 5.87. The Bertz CT molecular complexity index is 931. The molecule has 2 aromatic carbocycles. The average molecular weight is 447 g/mol. The molecule has 2 N–H and O–H groups in total. The second kappa shape index (κ2) is 8.30. The van der Waals surface area contributed by atoms with Crippen molar-refractivity contribution in [2.24, 2.45) is 0 Å². The fraction of sp³-hybridized carbons (Fsp3) is 0.235. The number of anilines is 2. The lowest BCUT2D eigenvalue weighted by molar-refractivity contribution is -0.384. The molecule has 0 aliphatic carbocycles. The van der Waals surface area contributed by atoms with Gasteiger partial charge in [0.05, 0.1) is 26.7 Å². The lowest BCUT2D eigenvalue weighted by atomic mass is 10.2. The molecule has 0 bridgehead atoms. The number of carbonyl (C=O) groups excluding carboxylic acids is 1. The molecule has 0 fully saturated rings. The summed E-state index contributed by atoms with van der Waals surface area (Å²) in [5, 5.41) is 17.5. The van der Waals surface area contributed by atoms with E-state index in [-0.39, 0.29) is 32.9 Å². The quantitative estimate of drug-likeness (QED) is 0.507. The Labute approximate surface area is 174 Å². The summed E-state index contributed by atoms with van der Waals surface area (Å²) in [7, 11) is 0. The highest BCUT2D eigenvalue weighted by Gasteiger charge is 2.25. The van der Waals surface area contributed by atoms with Crippen LogP contribution in [-0.2, 0) is 4.79 Å². The van der Waals surface area contributed by atoms with Crippen molar-refractivity contribution in [2.75, 3.05) is 23.8 Å². The highest BCUT2D eigenvalue weighted by molar-refractivity contribution is 6.42.